The number of hydrogen-bond donors (Lipinski definition) is 1. The molecule has 122 valence electrons. The van der Waals surface area contributed by atoms with Crippen molar-refractivity contribution >= 4 is 12.0 Å². The minimum Gasteiger partial charge on any atom is -0.458 e. The van der Waals surface area contributed by atoms with E-state index < -0.39 is 23.6 Å². The Morgan fingerprint density at radius 1 is 1.26 bits per heavy atom. The van der Waals surface area contributed by atoms with Crippen LogP contribution in [0.15, 0.2) is 49.1 Å². The number of benzene rings is 1. The first-order valence-electron chi connectivity index (χ1n) is 7.41. The van der Waals surface area contributed by atoms with E-state index in [2.05, 4.69) is 10.3 Å². The molecule has 6 nitrogen and oxygen atoms in total. The van der Waals surface area contributed by atoms with Gasteiger partial charge in [-0.2, -0.15) is 0 Å². The van der Waals surface area contributed by atoms with Crippen molar-refractivity contribution in [3.8, 4) is 0 Å². The van der Waals surface area contributed by atoms with Gasteiger partial charge in [0.25, 0.3) is 0 Å². The number of aromatic nitrogens is 2. The molecule has 0 bridgehead atoms. The molecule has 6 heteroatoms. The summed E-state index contributed by atoms with van der Waals surface area (Å²) in [7, 11) is 0. The van der Waals surface area contributed by atoms with E-state index in [9.17, 15) is 9.59 Å². The standard InChI is InChI=1S/C17H21N3O3/c1-17(2,3)23-15(21)14(11-13-7-5-4-6-8-13)19-16(22)20-10-9-18-12-20/h4-10,12,14H,11H2,1-3H3,(H,19,22)/t14-/m0/s1. The molecule has 1 heterocycles. The van der Waals surface area contributed by atoms with Gasteiger partial charge in [0.15, 0.2) is 0 Å². The number of nitrogens with one attached hydrogen (secondary N) is 1. The van der Waals surface area contributed by atoms with Crippen LogP contribution >= 0.6 is 0 Å². The summed E-state index contributed by atoms with van der Waals surface area (Å²) in [4.78, 5) is 28.4. The van der Waals surface area contributed by atoms with Crippen molar-refractivity contribution in [1.29, 1.82) is 0 Å². The maximum atomic E-state index is 12.4. The predicted molar refractivity (Wildman–Crippen MR) is 85.9 cm³/mol. The zero-order chi connectivity index (χ0) is 16.9. The van der Waals surface area contributed by atoms with Gasteiger partial charge >= 0.3 is 12.0 Å². The number of imidazole rings is 1. The summed E-state index contributed by atoms with van der Waals surface area (Å²) in [6, 6.07) is 8.29. The van der Waals surface area contributed by atoms with Crippen LogP contribution in [0.4, 0.5) is 4.79 Å². The largest absolute Gasteiger partial charge is 0.458 e. The Morgan fingerprint density at radius 2 is 1.96 bits per heavy atom. The molecule has 1 atom stereocenters. The lowest BCUT2D eigenvalue weighted by atomic mass is 10.1. The molecule has 0 aliphatic heterocycles. The Balaban J connectivity index is 2.13. The topological polar surface area (TPSA) is 73.2 Å². The monoisotopic (exact) mass is 315 g/mol. The maximum Gasteiger partial charge on any atom is 0.329 e. The highest BCUT2D eigenvalue weighted by Crippen LogP contribution is 2.11. The Kier molecular flexibility index (Phi) is 5.16. The van der Waals surface area contributed by atoms with E-state index in [0.29, 0.717) is 6.42 Å². The van der Waals surface area contributed by atoms with Crippen LogP contribution in [-0.2, 0) is 16.0 Å². The van der Waals surface area contributed by atoms with Gasteiger partial charge in [-0.1, -0.05) is 30.3 Å². The minimum absolute atomic E-state index is 0.357. The molecule has 1 N–H and O–H groups in total. The number of esters is 1. The molecule has 1 amide bonds. The fraction of sp³-hybridized carbons (Fsp3) is 0.353. The highest BCUT2D eigenvalue weighted by Gasteiger charge is 2.27. The van der Waals surface area contributed by atoms with Crippen LogP contribution in [0, 0.1) is 0 Å². The van der Waals surface area contributed by atoms with Crippen LogP contribution < -0.4 is 5.32 Å². The Morgan fingerprint density at radius 3 is 2.52 bits per heavy atom. The van der Waals surface area contributed by atoms with Gasteiger partial charge in [0.2, 0.25) is 0 Å². The molecule has 0 aliphatic rings. The zero-order valence-corrected chi connectivity index (χ0v) is 13.5. The average Bonchev–Trinajstić information content (AvgIpc) is 3.00. The molecule has 1 aromatic carbocycles. The van der Waals surface area contributed by atoms with E-state index in [1.807, 2.05) is 30.3 Å². The van der Waals surface area contributed by atoms with Gasteiger partial charge in [0.1, 0.15) is 18.0 Å². The molecule has 0 aliphatic carbocycles. The quantitative estimate of drug-likeness (QED) is 0.879. The minimum atomic E-state index is -0.772. The van der Waals surface area contributed by atoms with Crippen molar-refractivity contribution in [2.75, 3.05) is 0 Å². The first-order valence-corrected chi connectivity index (χ1v) is 7.41. The molecule has 1 aromatic heterocycles. The van der Waals surface area contributed by atoms with E-state index in [1.165, 1.54) is 23.3 Å². The van der Waals surface area contributed by atoms with E-state index in [1.54, 1.807) is 20.8 Å². The predicted octanol–water partition coefficient (Wildman–Crippen LogP) is 2.39. The lowest BCUT2D eigenvalue weighted by Gasteiger charge is -2.24. The van der Waals surface area contributed by atoms with Crippen LogP contribution in [-0.4, -0.2) is 33.2 Å². The summed E-state index contributed by atoms with van der Waals surface area (Å²) in [6.07, 6.45) is 4.75. The average molecular weight is 315 g/mol. The van der Waals surface area contributed by atoms with Gasteiger partial charge in [-0.15, -0.1) is 0 Å². The van der Waals surface area contributed by atoms with E-state index in [4.69, 9.17) is 4.74 Å². The van der Waals surface area contributed by atoms with Crippen molar-refractivity contribution in [2.24, 2.45) is 0 Å². The van der Waals surface area contributed by atoms with Crippen molar-refractivity contribution in [3.05, 3.63) is 54.6 Å². The number of ether oxygens (including phenoxy) is 1. The van der Waals surface area contributed by atoms with Crippen LogP contribution in [0.1, 0.15) is 26.3 Å². The van der Waals surface area contributed by atoms with Gasteiger partial charge in [-0.3, -0.25) is 4.57 Å². The van der Waals surface area contributed by atoms with Gasteiger partial charge in [0.05, 0.1) is 0 Å². The molecular weight excluding hydrogens is 294 g/mol. The molecule has 0 fully saturated rings. The van der Waals surface area contributed by atoms with Crippen molar-refractivity contribution < 1.29 is 14.3 Å². The van der Waals surface area contributed by atoms with E-state index in [0.717, 1.165) is 5.56 Å². The fourth-order valence-corrected chi connectivity index (χ4v) is 2.02. The van der Waals surface area contributed by atoms with Gasteiger partial charge in [-0.05, 0) is 26.3 Å². The normalized spacial score (nSPS) is 12.5. The second-order valence-electron chi connectivity index (χ2n) is 6.20. The molecule has 0 saturated carbocycles. The van der Waals surface area contributed by atoms with Gasteiger partial charge in [0, 0.05) is 18.8 Å². The number of nitrogens with zero attached hydrogens (tertiary/aromatic N) is 2. The Bertz CT molecular complexity index is 645. The maximum absolute atomic E-state index is 12.4. The summed E-state index contributed by atoms with van der Waals surface area (Å²) in [6.45, 7) is 5.38. The van der Waals surface area contributed by atoms with E-state index in [-0.39, 0.29) is 0 Å². The first kappa shape index (κ1) is 16.7. The first-order chi connectivity index (χ1) is 10.8. The third-order valence-electron chi connectivity index (χ3n) is 3.01. The van der Waals surface area contributed by atoms with Gasteiger partial charge < -0.3 is 10.1 Å². The second kappa shape index (κ2) is 7.09. The van der Waals surface area contributed by atoms with Crippen LogP contribution in [0.5, 0.6) is 0 Å². The van der Waals surface area contributed by atoms with Crippen LogP contribution in [0.25, 0.3) is 0 Å². The summed E-state index contributed by atoms with van der Waals surface area (Å²) in [5.41, 5.74) is 0.320. The number of carbonyl (C=O) groups is 2. The third kappa shape index (κ3) is 5.25. The third-order valence-corrected chi connectivity index (χ3v) is 3.01. The molecule has 0 saturated heterocycles. The molecule has 2 rings (SSSR count). The smallest absolute Gasteiger partial charge is 0.329 e. The zero-order valence-electron chi connectivity index (χ0n) is 13.5. The highest BCUT2D eigenvalue weighted by atomic mass is 16.6. The lowest BCUT2D eigenvalue weighted by Crippen LogP contribution is -2.46. The lowest BCUT2D eigenvalue weighted by molar-refractivity contribution is -0.157. The highest BCUT2D eigenvalue weighted by molar-refractivity contribution is 5.85. The van der Waals surface area contributed by atoms with Crippen LogP contribution in [0.3, 0.4) is 0 Å². The van der Waals surface area contributed by atoms with Crippen molar-refractivity contribution in [2.45, 2.75) is 38.8 Å². The summed E-state index contributed by atoms with van der Waals surface area (Å²) in [5.74, 6) is -0.463. The number of carbonyl (C=O) groups excluding carboxylic acids is 2. The molecule has 2 aromatic rings. The van der Waals surface area contributed by atoms with Crippen molar-refractivity contribution in [3.63, 3.8) is 0 Å². The molecule has 0 spiro atoms. The number of rotatable bonds is 4. The summed E-state index contributed by atoms with van der Waals surface area (Å²) in [5, 5.41) is 2.70. The molecule has 23 heavy (non-hydrogen) atoms. The number of hydrogen-bond acceptors (Lipinski definition) is 4. The Labute approximate surface area is 135 Å². The summed E-state index contributed by atoms with van der Waals surface area (Å²) >= 11 is 0. The van der Waals surface area contributed by atoms with E-state index >= 15 is 0 Å². The van der Waals surface area contributed by atoms with Gasteiger partial charge in [-0.25, -0.2) is 14.6 Å². The van der Waals surface area contributed by atoms with Crippen LogP contribution in [0.2, 0.25) is 0 Å². The summed E-state index contributed by atoms with van der Waals surface area (Å²) < 4.78 is 6.69. The molecular formula is C17H21N3O3. The number of amides is 1. The second-order valence-corrected chi connectivity index (χ2v) is 6.20. The fourth-order valence-electron chi connectivity index (χ4n) is 2.02. The molecule has 0 radical (unpaired) electrons. The molecule has 0 unspecified atom stereocenters. The Hall–Kier alpha value is -2.63. The SMILES string of the molecule is CC(C)(C)OC(=O)[C@H](Cc1ccccc1)NC(=O)n1ccnc1. The van der Waals surface area contributed by atoms with Crippen molar-refractivity contribution in [1.82, 2.24) is 14.9 Å².